The number of aliphatic hydroxyl groups excluding tert-OH is 1. The molecule has 254 valence electrons. The Labute approximate surface area is 270 Å². The number of imidazole rings is 1. The highest BCUT2D eigenvalue weighted by molar-refractivity contribution is 7.52. The second-order valence-corrected chi connectivity index (χ2v) is 14.6. The van der Waals surface area contributed by atoms with Crippen molar-refractivity contribution in [3.8, 4) is 5.75 Å². The Morgan fingerprint density at radius 2 is 1.89 bits per heavy atom. The van der Waals surface area contributed by atoms with Crippen LogP contribution >= 0.6 is 7.75 Å². The number of aryl methyl sites for hydroxylation is 1. The summed E-state index contributed by atoms with van der Waals surface area (Å²) < 4.78 is 70.4. The quantitative estimate of drug-likeness (QED) is 0.138. The first-order valence-electron chi connectivity index (χ1n) is 15.0. The number of rotatable bonds is 11. The van der Waals surface area contributed by atoms with Crippen LogP contribution in [-0.4, -0.2) is 74.5 Å². The summed E-state index contributed by atoms with van der Waals surface area (Å²) in [6, 6.07) is 10.8. The van der Waals surface area contributed by atoms with Gasteiger partial charge in [-0.1, -0.05) is 57.2 Å². The van der Waals surface area contributed by atoms with Crippen LogP contribution in [0.2, 0.25) is 0 Å². The zero-order chi connectivity index (χ0) is 34.4. The number of ether oxygens (including phenoxy) is 2. The van der Waals surface area contributed by atoms with E-state index in [2.05, 4.69) is 25.4 Å². The number of halogens is 2. The van der Waals surface area contributed by atoms with Gasteiger partial charge < -0.3 is 24.4 Å². The fourth-order valence-electron chi connectivity index (χ4n) is 5.10. The van der Waals surface area contributed by atoms with Gasteiger partial charge in [0.15, 0.2) is 35.0 Å². The van der Waals surface area contributed by atoms with Crippen LogP contribution in [0.15, 0.2) is 48.8 Å². The van der Waals surface area contributed by atoms with Gasteiger partial charge in [-0.05, 0) is 37.6 Å². The lowest BCUT2D eigenvalue weighted by atomic mass is 9.97. The van der Waals surface area contributed by atoms with E-state index in [0.29, 0.717) is 17.0 Å². The monoisotopic (exact) mass is 676 g/mol. The molecule has 3 N–H and O–H groups in total. The molecule has 0 radical (unpaired) electrons. The Morgan fingerprint density at radius 1 is 1.19 bits per heavy atom. The Balaban J connectivity index is 1.44. The van der Waals surface area contributed by atoms with E-state index in [1.54, 1.807) is 50.4 Å². The maximum Gasteiger partial charge on any atom is 0.459 e. The van der Waals surface area contributed by atoms with Gasteiger partial charge in [0.25, 0.3) is 5.85 Å². The summed E-state index contributed by atoms with van der Waals surface area (Å²) >= 11 is 0. The van der Waals surface area contributed by atoms with Crippen molar-refractivity contribution in [2.45, 2.75) is 71.4 Å². The number of alkyl halides is 2. The third-order valence-electron chi connectivity index (χ3n) is 7.51. The minimum absolute atomic E-state index is 0.0699. The second kappa shape index (κ2) is 12.7. The minimum Gasteiger partial charge on any atom is -0.464 e. The van der Waals surface area contributed by atoms with Crippen molar-refractivity contribution < 1.29 is 41.8 Å². The summed E-state index contributed by atoms with van der Waals surface area (Å²) in [6.45, 7) is 8.37. The Morgan fingerprint density at radius 3 is 2.60 bits per heavy atom. The van der Waals surface area contributed by atoms with Crippen LogP contribution in [0.3, 0.4) is 0 Å². The number of carbonyl (C=O) groups excluding carboxylic acids is 1. The number of nitrogens with one attached hydrogen (secondary N) is 2. The topological polar surface area (TPSA) is 159 Å². The number of benzene rings is 2. The molecule has 1 aliphatic heterocycles. The summed E-state index contributed by atoms with van der Waals surface area (Å²) in [5.74, 6) is -3.23. The van der Waals surface area contributed by atoms with Gasteiger partial charge in [0.2, 0.25) is 0 Å². The number of carbonyl (C=O) groups is 1. The molecular formula is C31H39F2N6O7P. The van der Waals surface area contributed by atoms with Gasteiger partial charge in [-0.2, -0.15) is 5.09 Å². The number of hydrogen-bond donors (Lipinski definition) is 3. The average molecular weight is 677 g/mol. The van der Waals surface area contributed by atoms with Crippen LogP contribution in [0.25, 0.3) is 21.9 Å². The summed E-state index contributed by atoms with van der Waals surface area (Å²) in [5.41, 5.74) is -2.70. The van der Waals surface area contributed by atoms with Crippen molar-refractivity contribution in [1.29, 1.82) is 0 Å². The van der Waals surface area contributed by atoms with Crippen LogP contribution in [0, 0.1) is 12.3 Å². The number of aliphatic hydroxyl groups is 1. The zero-order valence-corrected chi connectivity index (χ0v) is 28.0. The molecule has 1 saturated heterocycles. The molecule has 0 aliphatic carbocycles. The molecular weight excluding hydrogens is 637 g/mol. The summed E-state index contributed by atoms with van der Waals surface area (Å²) in [6.07, 6.45) is -3.00. The fraction of sp³-hybridized carbons (Fsp3) is 0.484. The molecule has 0 amide bonds. The molecule has 16 heteroatoms. The molecule has 47 heavy (non-hydrogen) atoms. The van der Waals surface area contributed by atoms with Crippen LogP contribution in [0.4, 0.5) is 14.6 Å². The number of hydrogen-bond acceptors (Lipinski definition) is 11. The van der Waals surface area contributed by atoms with E-state index in [4.69, 9.17) is 18.5 Å². The first kappa shape index (κ1) is 34.6. The van der Waals surface area contributed by atoms with Crippen molar-refractivity contribution in [2.75, 3.05) is 25.6 Å². The molecule has 13 nitrogen and oxygen atoms in total. The molecule has 0 bridgehead atoms. The predicted molar refractivity (Wildman–Crippen MR) is 170 cm³/mol. The van der Waals surface area contributed by atoms with Crippen molar-refractivity contribution in [1.82, 2.24) is 24.6 Å². The molecule has 0 unspecified atom stereocenters. The Hall–Kier alpha value is -3.75. The van der Waals surface area contributed by atoms with Crippen molar-refractivity contribution in [3.05, 3.63) is 54.6 Å². The summed E-state index contributed by atoms with van der Waals surface area (Å²) in [7, 11) is -3.05. The molecule has 2 aromatic heterocycles. The second-order valence-electron chi connectivity index (χ2n) is 12.9. The fourth-order valence-corrected chi connectivity index (χ4v) is 6.63. The highest BCUT2D eigenvalue weighted by Gasteiger charge is 2.65. The van der Waals surface area contributed by atoms with E-state index in [0.717, 1.165) is 16.9 Å². The third kappa shape index (κ3) is 7.09. The van der Waals surface area contributed by atoms with Crippen molar-refractivity contribution >= 4 is 41.5 Å². The first-order valence-corrected chi connectivity index (χ1v) is 16.5. The van der Waals surface area contributed by atoms with E-state index in [1.165, 1.54) is 19.3 Å². The molecule has 5 rings (SSSR count). The minimum atomic E-state index is -4.67. The first-order chi connectivity index (χ1) is 22.0. The highest BCUT2D eigenvalue weighted by Crippen LogP contribution is 2.52. The van der Waals surface area contributed by atoms with E-state index >= 15 is 8.78 Å². The van der Waals surface area contributed by atoms with E-state index < -0.39 is 50.2 Å². The third-order valence-corrected chi connectivity index (χ3v) is 9.12. The molecule has 3 heterocycles. The van der Waals surface area contributed by atoms with Gasteiger partial charge in [0.1, 0.15) is 24.2 Å². The summed E-state index contributed by atoms with van der Waals surface area (Å²) in [4.78, 5) is 25.6. The van der Waals surface area contributed by atoms with Crippen LogP contribution in [-0.2, 0) is 23.4 Å². The van der Waals surface area contributed by atoms with Gasteiger partial charge >= 0.3 is 13.7 Å². The van der Waals surface area contributed by atoms with Gasteiger partial charge in [0.05, 0.1) is 12.9 Å². The van der Waals surface area contributed by atoms with E-state index in [1.807, 2.05) is 20.8 Å². The van der Waals surface area contributed by atoms with E-state index in [-0.39, 0.29) is 28.9 Å². The normalized spacial score (nSPS) is 25.1. The molecule has 2 aromatic carbocycles. The largest absolute Gasteiger partial charge is 0.464 e. The molecule has 0 spiro atoms. The standard InChI is InChI=1S/C31H39F2N6O7P/c1-18(26(40)43-15-29(3,4)5)38-47(42,46-22-14-10-12-20-11-8-9-13-21(20)22)44-16-31(33)27(41)30(6,32)28(45-31)39-17-35-23-24(34-7)36-19(2)37-25(23)39/h8-14,17-18,27-28,41H,15-16H2,1-7H3,(H,38,42)(H,34,36,37)/t18-,27+,28-,30-,31-,47+/m1/s1. The Bertz CT molecular complexity index is 1830. The highest BCUT2D eigenvalue weighted by atomic mass is 31.2. The van der Waals surface area contributed by atoms with Crippen molar-refractivity contribution in [3.63, 3.8) is 0 Å². The molecule has 6 atom stereocenters. The van der Waals surface area contributed by atoms with Gasteiger partial charge in [0, 0.05) is 12.4 Å². The number of fused-ring (bicyclic) bond motifs is 2. The summed E-state index contributed by atoms with van der Waals surface area (Å²) in [5, 5.41) is 17.6. The maximum atomic E-state index is 16.5. The molecule has 1 aliphatic rings. The predicted octanol–water partition coefficient (Wildman–Crippen LogP) is 5.38. The molecule has 0 saturated carbocycles. The van der Waals surface area contributed by atoms with Gasteiger partial charge in [-0.15, -0.1) is 0 Å². The smallest absolute Gasteiger partial charge is 0.459 e. The van der Waals surface area contributed by atoms with Crippen LogP contribution < -0.4 is 14.9 Å². The van der Waals surface area contributed by atoms with Crippen LogP contribution in [0.1, 0.15) is 46.7 Å². The Kier molecular flexibility index (Phi) is 9.34. The van der Waals surface area contributed by atoms with Gasteiger partial charge in [-0.3, -0.25) is 13.9 Å². The number of anilines is 1. The number of aromatic nitrogens is 4. The van der Waals surface area contributed by atoms with Crippen molar-refractivity contribution in [2.24, 2.45) is 5.41 Å². The van der Waals surface area contributed by atoms with Gasteiger partial charge in [-0.25, -0.2) is 28.3 Å². The number of esters is 1. The zero-order valence-electron chi connectivity index (χ0n) is 27.2. The average Bonchev–Trinajstić information content (AvgIpc) is 3.50. The number of nitrogens with zero attached hydrogens (tertiary/aromatic N) is 4. The lowest BCUT2D eigenvalue weighted by molar-refractivity contribution is -0.202. The molecule has 4 aromatic rings. The lowest BCUT2D eigenvalue weighted by Gasteiger charge is -2.28. The molecule has 1 fully saturated rings. The van der Waals surface area contributed by atoms with Crippen LogP contribution in [0.5, 0.6) is 5.75 Å². The SMILES string of the molecule is CNc1nc(C)nc2c1ncn2[C@@H]1O[C@](F)(CO[P@@](=O)(N[C@H](C)C(=O)OCC(C)(C)C)Oc2cccc3ccccc23)[C@@H](O)[C@@]1(C)F. The maximum absolute atomic E-state index is 16.5. The lowest BCUT2D eigenvalue weighted by Crippen LogP contribution is -2.47. The van der Waals surface area contributed by atoms with E-state index in [9.17, 15) is 14.5 Å².